The Hall–Kier alpha value is -0.740. The highest BCUT2D eigenvalue weighted by atomic mass is 32.1. The highest BCUT2D eigenvalue weighted by Gasteiger charge is 2.00. The van der Waals surface area contributed by atoms with Gasteiger partial charge in [-0.2, -0.15) is 0 Å². The fourth-order valence-corrected chi connectivity index (χ4v) is 1.31. The lowest BCUT2D eigenvalue weighted by molar-refractivity contribution is 0.358. The maximum Gasteiger partial charge on any atom is 0.171 e. The molecule has 0 unspecified atom stereocenters. The van der Waals surface area contributed by atoms with Crippen molar-refractivity contribution in [3.63, 3.8) is 0 Å². The summed E-state index contributed by atoms with van der Waals surface area (Å²) in [6.45, 7) is 0. The van der Waals surface area contributed by atoms with E-state index in [-0.39, 0.29) is 6.15 Å². The van der Waals surface area contributed by atoms with Crippen molar-refractivity contribution in [2.24, 2.45) is 0 Å². The van der Waals surface area contributed by atoms with Crippen LogP contribution in [0.15, 0.2) is 10.8 Å². The van der Waals surface area contributed by atoms with Gasteiger partial charge in [-0.1, -0.05) is 0 Å². The Bertz CT molecular complexity index is 169. The van der Waals surface area contributed by atoms with Crippen LogP contribution in [-0.2, 0) is 0 Å². The third kappa shape index (κ3) is 1.62. The molecule has 0 fully saturated rings. The molecule has 0 aromatic carbocycles. The largest absolute Gasteiger partial charge is 0.492 e. The van der Waals surface area contributed by atoms with Crippen LogP contribution >= 0.6 is 11.3 Å². The summed E-state index contributed by atoms with van der Waals surface area (Å²) in [5, 5.41) is 3.80. The topological polar surface area (TPSA) is 53.5 Å². The van der Waals surface area contributed by atoms with Crippen LogP contribution in [0.2, 0.25) is 0 Å². The Morgan fingerprint density at radius 2 is 1.50 bits per heavy atom. The first-order valence-electron chi connectivity index (χ1n) is 2.52. The maximum absolute atomic E-state index is 4.96. The van der Waals surface area contributed by atoms with Crippen molar-refractivity contribution in [3.05, 3.63) is 10.8 Å². The summed E-state index contributed by atoms with van der Waals surface area (Å²) in [5.74, 6) is 1.62. The normalized spacial score (nSPS) is 8.20. The number of ether oxygens (including phenoxy) is 2. The van der Waals surface area contributed by atoms with Crippen LogP contribution in [0, 0.1) is 0 Å². The van der Waals surface area contributed by atoms with E-state index in [9.17, 15) is 0 Å². The quantitative estimate of drug-likeness (QED) is 0.721. The zero-order valence-electron chi connectivity index (χ0n) is 6.09. The molecule has 0 radical (unpaired) electrons. The zero-order chi connectivity index (χ0) is 6.69. The van der Waals surface area contributed by atoms with Gasteiger partial charge >= 0.3 is 0 Å². The van der Waals surface area contributed by atoms with Crippen LogP contribution in [0.25, 0.3) is 0 Å². The van der Waals surface area contributed by atoms with Crippen LogP contribution < -0.4 is 15.6 Å². The van der Waals surface area contributed by atoms with Crippen molar-refractivity contribution < 1.29 is 9.47 Å². The maximum atomic E-state index is 4.96. The van der Waals surface area contributed by atoms with Crippen LogP contribution in [0.3, 0.4) is 0 Å². The second-order valence-corrected chi connectivity index (χ2v) is 2.25. The van der Waals surface area contributed by atoms with Crippen LogP contribution in [0.4, 0.5) is 0 Å². The van der Waals surface area contributed by atoms with E-state index in [1.807, 2.05) is 10.8 Å². The summed E-state index contributed by atoms with van der Waals surface area (Å²) in [6.07, 6.45) is 0. The monoisotopic (exact) mass is 161 g/mol. The Balaban J connectivity index is 0.000000810. The first-order valence-corrected chi connectivity index (χ1v) is 3.47. The molecule has 1 heterocycles. The summed E-state index contributed by atoms with van der Waals surface area (Å²) in [4.78, 5) is 0. The first kappa shape index (κ1) is 9.26. The zero-order valence-corrected chi connectivity index (χ0v) is 6.90. The molecule has 10 heavy (non-hydrogen) atoms. The van der Waals surface area contributed by atoms with E-state index in [1.165, 1.54) is 0 Å². The van der Waals surface area contributed by atoms with Gasteiger partial charge in [-0.15, -0.1) is 11.3 Å². The van der Waals surface area contributed by atoms with Crippen molar-refractivity contribution >= 4 is 11.3 Å². The standard InChI is InChI=1S/C6H8O2S.H3N/c1-7-5-3-9-4-6(5)8-2;/h3-4H,1-2H3;1H3. The highest BCUT2D eigenvalue weighted by Crippen LogP contribution is 2.30. The molecule has 0 atom stereocenters. The lowest BCUT2D eigenvalue weighted by atomic mass is 10.5. The second-order valence-electron chi connectivity index (χ2n) is 1.51. The minimum absolute atomic E-state index is 0. The summed E-state index contributed by atoms with van der Waals surface area (Å²) < 4.78 is 9.92. The molecule has 58 valence electrons. The second kappa shape index (κ2) is 4.14. The van der Waals surface area contributed by atoms with E-state index < -0.39 is 0 Å². The van der Waals surface area contributed by atoms with E-state index in [0.717, 1.165) is 11.5 Å². The van der Waals surface area contributed by atoms with Gasteiger partial charge in [0.2, 0.25) is 0 Å². The summed E-state index contributed by atoms with van der Waals surface area (Å²) in [5.41, 5.74) is 0. The van der Waals surface area contributed by atoms with Crippen LogP contribution in [0.1, 0.15) is 0 Å². The molecule has 1 aromatic heterocycles. The van der Waals surface area contributed by atoms with Crippen LogP contribution in [-0.4, -0.2) is 14.2 Å². The highest BCUT2D eigenvalue weighted by molar-refractivity contribution is 7.08. The van der Waals surface area contributed by atoms with Gasteiger partial charge in [0, 0.05) is 10.8 Å². The summed E-state index contributed by atoms with van der Waals surface area (Å²) >= 11 is 1.57. The molecule has 4 heteroatoms. The van der Waals surface area contributed by atoms with Crippen LogP contribution in [0.5, 0.6) is 11.5 Å². The Morgan fingerprint density at radius 1 is 1.10 bits per heavy atom. The molecule has 0 spiro atoms. The van der Waals surface area contributed by atoms with E-state index in [2.05, 4.69) is 0 Å². The molecule has 0 aliphatic heterocycles. The minimum atomic E-state index is 0. The van der Waals surface area contributed by atoms with Crippen molar-refractivity contribution in [3.8, 4) is 11.5 Å². The van der Waals surface area contributed by atoms with Crippen molar-refractivity contribution in [1.29, 1.82) is 0 Å². The molecule has 1 rings (SSSR count). The Labute approximate surface area is 64.2 Å². The van der Waals surface area contributed by atoms with E-state index in [0.29, 0.717) is 0 Å². The molecule has 0 aliphatic rings. The Kier molecular flexibility index (Phi) is 3.83. The average Bonchev–Trinajstić information content (AvgIpc) is 2.33. The van der Waals surface area contributed by atoms with Gasteiger partial charge in [0.1, 0.15) is 0 Å². The first-order chi connectivity index (χ1) is 4.38. The molecule has 0 amide bonds. The number of rotatable bonds is 2. The molecular weight excluding hydrogens is 150 g/mol. The molecule has 0 bridgehead atoms. The molecule has 0 aliphatic carbocycles. The van der Waals surface area contributed by atoms with E-state index in [1.54, 1.807) is 25.6 Å². The lowest BCUT2D eigenvalue weighted by Crippen LogP contribution is -1.84. The predicted molar refractivity (Wildman–Crippen MR) is 42.4 cm³/mol. The number of methoxy groups -OCH3 is 2. The molecule has 0 saturated heterocycles. The lowest BCUT2D eigenvalue weighted by Gasteiger charge is -1.98. The third-order valence-electron chi connectivity index (χ3n) is 1.03. The molecule has 3 nitrogen and oxygen atoms in total. The van der Waals surface area contributed by atoms with Crippen molar-refractivity contribution in [1.82, 2.24) is 6.15 Å². The predicted octanol–water partition coefficient (Wildman–Crippen LogP) is 1.93. The van der Waals surface area contributed by atoms with Gasteiger partial charge in [0.15, 0.2) is 11.5 Å². The van der Waals surface area contributed by atoms with Crippen molar-refractivity contribution in [2.45, 2.75) is 0 Å². The third-order valence-corrected chi connectivity index (χ3v) is 1.73. The van der Waals surface area contributed by atoms with Gasteiger partial charge in [0.25, 0.3) is 0 Å². The van der Waals surface area contributed by atoms with Gasteiger partial charge < -0.3 is 15.6 Å². The van der Waals surface area contributed by atoms with Gasteiger partial charge in [0.05, 0.1) is 14.2 Å². The molecular formula is C6H11NO2S. The molecule has 3 N–H and O–H groups in total. The van der Waals surface area contributed by atoms with Gasteiger partial charge in [-0.3, -0.25) is 0 Å². The molecule has 1 aromatic rings. The average molecular weight is 161 g/mol. The fraction of sp³-hybridized carbons (Fsp3) is 0.333. The van der Waals surface area contributed by atoms with E-state index in [4.69, 9.17) is 9.47 Å². The fourth-order valence-electron chi connectivity index (χ4n) is 0.571. The SMILES string of the molecule is COc1cscc1OC.N. The molecule has 0 saturated carbocycles. The number of hydrogen-bond acceptors (Lipinski definition) is 4. The van der Waals surface area contributed by atoms with Gasteiger partial charge in [-0.25, -0.2) is 0 Å². The summed E-state index contributed by atoms with van der Waals surface area (Å²) in [7, 11) is 3.26. The smallest absolute Gasteiger partial charge is 0.171 e. The number of thiophene rings is 1. The minimum Gasteiger partial charge on any atom is -0.492 e. The van der Waals surface area contributed by atoms with Gasteiger partial charge in [-0.05, 0) is 0 Å². The number of hydrogen-bond donors (Lipinski definition) is 1. The Morgan fingerprint density at radius 3 is 1.80 bits per heavy atom. The summed E-state index contributed by atoms with van der Waals surface area (Å²) in [6, 6.07) is 0. The van der Waals surface area contributed by atoms with Crippen molar-refractivity contribution in [2.75, 3.05) is 14.2 Å². The van der Waals surface area contributed by atoms with E-state index >= 15 is 0 Å².